The number of amides is 1. The predicted octanol–water partition coefficient (Wildman–Crippen LogP) is 3.40. The van der Waals surface area contributed by atoms with Gasteiger partial charge >= 0.3 is 0 Å². The number of hydrogen-bond acceptors (Lipinski definition) is 8. The Morgan fingerprint density at radius 1 is 1.06 bits per heavy atom. The summed E-state index contributed by atoms with van der Waals surface area (Å²) in [5.74, 6) is 0.921. The van der Waals surface area contributed by atoms with Crippen molar-refractivity contribution in [2.75, 3.05) is 38.1 Å². The average molecular weight is 528 g/mol. The molecule has 190 valence electrons. The van der Waals surface area contributed by atoms with Crippen LogP contribution in [0.5, 0.6) is 5.75 Å². The van der Waals surface area contributed by atoms with Gasteiger partial charge in [-0.15, -0.1) is 0 Å². The lowest BCUT2D eigenvalue weighted by atomic mass is 10.1. The molecule has 1 aliphatic carbocycles. The molecular weight excluding hydrogens is 498 g/mol. The Morgan fingerprint density at radius 2 is 1.78 bits per heavy atom. The highest BCUT2D eigenvalue weighted by Crippen LogP contribution is 2.30. The summed E-state index contributed by atoms with van der Waals surface area (Å²) in [6, 6.07) is 14.4. The maximum atomic E-state index is 13.6. The van der Waals surface area contributed by atoms with E-state index in [1.54, 1.807) is 11.0 Å². The molecule has 1 saturated carbocycles. The largest absolute Gasteiger partial charge is 0.490 e. The fourth-order valence-corrected chi connectivity index (χ4v) is 6.06. The molecule has 1 aromatic heterocycles. The molecule has 2 fully saturated rings. The van der Waals surface area contributed by atoms with Crippen molar-refractivity contribution in [2.24, 2.45) is 0 Å². The van der Waals surface area contributed by atoms with Crippen LogP contribution >= 0.6 is 11.5 Å². The zero-order valence-corrected chi connectivity index (χ0v) is 21.7. The molecule has 2 aromatic carbocycles. The van der Waals surface area contributed by atoms with Crippen molar-refractivity contribution in [1.29, 1.82) is 0 Å². The minimum atomic E-state index is -3.69. The third-order valence-electron chi connectivity index (χ3n) is 6.64. The van der Waals surface area contributed by atoms with Gasteiger partial charge in [-0.1, -0.05) is 30.3 Å². The van der Waals surface area contributed by atoms with E-state index < -0.39 is 10.0 Å². The first kappa shape index (κ1) is 24.7. The molecule has 0 radical (unpaired) electrons. The highest BCUT2D eigenvalue weighted by Gasteiger charge is 2.29. The fraction of sp³-hybridized carbons (Fsp3) is 0.400. The number of carbonyl (C=O) groups excluding carboxylic acids is 1. The predicted molar refractivity (Wildman–Crippen MR) is 139 cm³/mol. The summed E-state index contributed by atoms with van der Waals surface area (Å²) >= 11 is 1.35. The number of sulfonamides is 1. The molecule has 2 heterocycles. The number of nitrogens with zero attached hydrogens (tertiary/aromatic N) is 4. The van der Waals surface area contributed by atoms with Gasteiger partial charge in [-0.25, -0.2) is 13.1 Å². The van der Waals surface area contributed by atoms with Gasteiger partial charge in [0.05, 0.1) is 16.6 Å². The molecule has 1 N–H and O–H groups in total. The molecule has 9 nitrogen and oxygen atoms in total. The van der Waals surface area contributed by atoms with Gasteiger partial charge in [-0.2, -0.15) is 9.36 Å². The molecule has 5 rings (SSSR count). The quantitative estimate of drug-likeness (QED) is 0.502. The standard InChI is InChI=1S/C25H29N5O4S2/c1-26-36(32,33)20-11-12-22(34-19-9-5-6-10-19)21(17-20)24(31)29-13-15-30(16-14-29)25-27-23(28-35-25)18-7-3-2-4-8-18/h2-4,7-8,11-12,17,19,26H,5-6,9-10,13-16H2,1H3. The molecule has 0 unspecified atom stereocenters. The minimum absolute atomic E-state index is 0.0491. The van der Waals surface area contributed by atoms with E-state index in [9.17, 15) is 13.2 Å². The fourth-order valence-electron chi connectivity index (χ4n) is 4.57. The third-order valence-corrected chi connectivity index (χ3v) is 8.83. The van der Waals surface area contributed by atoms with E-state index in [-0.39, 0.29) is 22.5 Å². The van der Waals surface area contributed by atoms with E-state index in [0.717, 1.165) is 36.4 Å². The second-order valence-corrected chi connectivity index (χ2v) is 11.6. The van der Waals surface area contributed by atoms with Crippen molar-refractivity contribution in [3.63, 3.8) is 0 Å². The van der Waals surface area contributed by atoms with Gasteiger partial charge in [0.25, 0.3) is 5.91 Å². The van der Waals surface area contributed by atoms with Crippen LogP contribution in [-0.4, -0.2) is 67.9 Å². The van der Waals surface area contributed by atoms with Crippen LogP contribution in [0.15, 0.2) is 53.4 Å². The maximum absolute atomic E-state index is 13.6. The summed E-state index contributed by atoms with van der Waals surface area (Å²) < 4.78 is 37.8. The number of nitrogens with one attached hydrogen (secondary N) is 1. The Bertz CT molecular complexity index is 1320. The van der Waals surface area contributed by atoms with Crippen molar-refractivity contribution in [3.8, 4) is 17.1 Å². The van der Waals surface area contributed by atoms with Crippen LogP contribution in [0.25, 0.3) is 11.4 Å². The second kappa shape index (κ2) is 10.5. The zero-order chi connectivity index (χ0) is 25.1. The Kier molecular flexibility index (Phi) is 7.22. The summed E-state index contributed by atoms with van der Waals surface area (Å²) in [5.41, 5.74) is 1.26. The van der Waals surface area contributed by atoms with Gasteiger partial charge in [0.15, 0.2) is 5.82 Å². The number of piperazine rings is 1. The number of aromatic nitrogens is 2. The SMILES string of the molecule is CNS(=O)(=O)c1ccc(OC2CCCC2)c(C(=O)N2CCN(c3nc(-c4ccccc4)ns3)CC2)c1. The lowest BCUT2D eigenvalue weighted by molar-refractivity contribution is 0.0739. The zero-order valence-electron chi connectivity index (χ0n) is 20.1. The van der Waals surface area contributed by atoms with E-state index in [2.05, 4.69) is 19.0 Å². The van der Waals surface area contributed by atoms with Gasteiger partial charge in [0, 0.05) is 43.3 Å². The molecular formula is C25H29N5O4S2. The number of carbonyl (C=O) groups is 1. The third kappa shape index (κ3) is 5.23. The van der Waals surface area contributed by atoms with Crippen molar-refractivity contribution < 1.29 is 17.9 Å². The number of hydrogen-bond donors (Lipinski definition) is 1. The van der Waals surface area contributed by atoms with Crippen molar-refractivity contribution >= 4 is 32.6 Å². The van der Waals surface area contributed by atoms with Crippen molar-refractivity contribution in [2.45, 2.75) is 36.7 Å². The van der Waals surface area contributed by atoms with Crippen molar-refractivity contribution in [3.05, 3.63) is 54.1 Å². The Balaban J connectivity index is 1.32. The number of rotatable bonds is 7. The highest BCUT2D eigenvalue weighted by molar-refractivity contribution is 7.89. The number of benzene rings is 2. The Labute approximate surface area is 215 Å². The van der Waals surface area contributed by atoms with Gasteiger partial charge in [0.2, 0.25) is 15.2 Å². The Morgan fingerprint density at radius 3 is 2.47 bits per heavy atom. The summed E-state index contributed by atoms with van der Waals surface area (Å²) in [5, 5.41) is 0.827. The van der Waals surface area contributed by atoms with Crippen LogP contribution in [0.2, 0.25) is 0 Å². The molecule has 0 spiro atoms. The van der Waals surface area contributed by atoms with Gasteiger partial charge in [-0.05, 0) is 50.9 Å². The highest BCUT2D eigenvalue weighted by atomic mass is 32.2. The minimum Gasteiger partial charge on any atom is -0.490 e. The summed E-state index contributed by atoms with van der Waals surface area (Å²) in [6.45, 7) is 2.21. The molecule has 1 aliphatic heterocycles. The summed E-state index contributed by atoms with van der Waals surface area (Å²) in [4.78, 5) is 22.2. The van der Waals surface area contributed by atoms with E-state index in [4.69, 9.17) is 4.74 Å². The first-order valence-corrected chi connectivity index (χ1v) is 14.4. The van der Waals surface area contributed by atoms with Crippen LogP contribution in [0.4, 0.5) is 5.13 Å². The number of ether oxygens (including phenoxy) is 1. The average Bonchev–Trinajstić information content (AvgIpc) is 3.62. The normalized spacial score (nSPS) is 16.9. The van der Waals surface area contributed by atoms with Gasteiger partial charge < -0.3 is 14.5 Å². The summed E-state index contributed by atoms with van der Waals surface area (Å²) in [6.07, 6.45) is 4.13. The van der Waals surface area contributed by atoms with Crippen LogP contribution in [0.3, 0.4) is 0 Å². The van der Waals surface area contributed by atoms with Gasteiger partial charge in [0.1, 0.15) is 5.75 Å². The molecule has 0 bridgehead atoms. The topological polar surface area (TPSA) is 105 Å². The Hall–Kier alpha value is -3.02. The van der Waals surface area contributed by atoms with Crippen LogP contribution in [0, 0.1) is 0 Å². The molecule has 2 aliphatic rings. The molecule has 36 heavy (non-hydrogen) atoms. The molecule has 11 heteroatoms. The monoisotopic (exact) mass is 527 g/mol. The molecule has 1 saturated heterocycles. The van der Waals surface area contributed by atoms with Gasteiger partial charge in [-0.3, -0.25) is 4.79 Å². The smallest absolute Gasteiger partial charge is 0.257 e. The van der Waals surface area contributed by atoms with Crippen molar-refractivity contribution in [1.82, 2.24) is 19.0 Å². The lowest BCUT2D eigenvalue weighted by Crippen LogP contribution is -2.49. The number of anilines is 1. The van der Waals surface area contributed by atoms with E-state index in [1.807, 2.05) is 30.3 Å². The lowest BCUT2D eigenvalue weighted by Gasteiger charge is -2.34. The van der Waals surface area contributed by atoms with Crippen LogP contribution < -0.4 is 14.4 Å². The maximum Gasteiger partial charge on any atom is 0.257 e. The van der Waals surface area contributed by atoms with Crippen LogP contribution in [0.1, 0.15) is 36.0 Å². The first-order valence-electron chi connectivity index (χ1n) is 12.1. The summed E-state index contributed by atoms with van der Waals surface area (Å²) in [7, 11) is -2.34. The molecule has 3 aromatic rings. The molecule has 0 atom stereocenters. The van der Waals surface area contributed by atoms with E-state index in [0.29, 0.717) is 37.8 Å². The second-order valence-electron chi connectivity index (χ2n) is 8.94. The van der Waals surface area contributed by atoms with Crippen LogP contribution in [-0.2, 0) is 10.0 Å². The van der Waals surface area contributed by atoms with E-state index >= 15 is 0 Å². The van der Waals surface area contributed by atoms with E-state index in [1.165, 1.54) is 30.7 Å². The molecule has 1 amide bonds. The first-order chi connectivity index (χ1) is 17.4.